The van der Waals surface area contributed by atoms with Crippen LogP contribution < -0.4 is 16.0 Å². The van der Waals surface area contributed by atoms with Crippen LogP contribution in [0, 0.1) is 29.6 Å². The number of amides is 8. The van der Waals surface area contributed by atoms with Crippen LogP contribution in [0.5, 0.6) is 0 Å². The standard InChI is InChI=1S/C78H103N9O11/c1-17-49(9)64-75(94)83(14)65(47(5)6)70(89)79-58(42-46(3)4)73(92)85(16)68(78(11,12)97)77(96)98-67(50(10)18-2)76(95)84(15)66(48(7)8)71(90)80-59(44-51-28-20-19-21-29-51)72(91)82(13)63(74(93)86-41-27-36-62(86)69(88)81-64)45-52-30-26-31-54(43-52)53-37-39-55(40-38-53)87-60-34-24-22-32-56(60)57-33-23-25-35-61(57)87/h19-26,28-35,37-40,43,46-50,58-59,62-68,97H,17-18,27,36,41-42,44-45H2,1-16H3,(H,79,89)(H,80,90)(H,81,88)/t49-,50-,58-,59-,62-,63-,64-,65-,66?,67+,68+/m0/s1. The van der Waals surface area contributed by atoms with Gasteiger partial charge in [-0.05, 0) is 110 Å². The van der Waals surface area contributed by atoms with E-state index >= 15 is 28.8 Å². The third-order valence-corrected chi connectivity index (χ3v) is 19.9. The van der Waals surface area contributed by atoms with E-state index in [2.05, 4.69) is 69.0 Å². The molecular formula is C78H103N9O11. The molecule has 2 fully saturated rings. The molecule has 2 aliphatic rings. The van der Waals surface area contributed by atoms with E-state index in [-0.39, 0.29) is 38.1 Å². The molecule has 526 valence electrons. The normalized spacial score (nSPS) is 23.7. The number of aliphatic hydroxyl groups is 1. The number of nitrogens with zero attached hydrogens (tertiary/aromatic N) is 6. The fourth-order valence-corrected chi connectivity index (χ4v) is 14.2. The fourth-order valence-electron chi connectivity index (χ4n) is 14.2. The molecule has 4 N–H and O–H groups in total. The molecule has 0 radical (unpaired) electrons. The number of para-hydroxylation sites is 2. The van der Waals surface area contributed by atoms with E-state index in [0.29, 0.717) is 30.4 Å². The zero-order chi connectivity index (χ0) is 71.8. The van der Waals surface area contributed by atoms with Crippen LogP contribution in [-0.4, -0.2) is 182 Å². The molecule has 5 aromatic carbocycles. The summed E-state index contributed by atoms with van der Waals surface area (Å²) in [5.74, 6) is -8.91. The summed E-state index contributed by atoms with van der Waals surface area (Å²) < 4.78 is 8.41. The summed E-state index contributed by atoms with van der Waals surface area (Å²) in [6, 6.07) is 31.3. The molecule has 8 rings (SSSR count). The quantitative estimate of drug-likeness (QED) is 0.0707. The molecule has 1 aromatic heterocycles. The van der Waals surface area contributed by atoms with Crippen LogP contribution in [0.2, 0.25) is 0 Å². The van der Waals surface area contributed by atoms with Crippen molar-refractivity contribution in [1.29, 1.82) is 0 Å². The zero-order valence-corrected chi connectivity index (χ0v) is 60.1. The highest BCUT2D eigenvalue weighted by Gasteiger charge is 2.48. The highest BCUT2D eigenvalue weighted by molar-refractivity contribution is 6.09. The van der Waals surface area contributed by atoms with Gasteiger partial charge in [0.2, 0.25) is 41.4 Å². The third-order valence-electron chi connectivity index (χ3n) is 19.9. The lowest BCUT2D eigenvalue weighted by Gasteiger charge is -2.39. The van der Waals surface area contributed by atoms with E-state index in [9.17, 15) is 19.5 Å². The maximum atomic E-state index is 16.0. The van der Waals surface area contributed by atoms with Crippen molar-refractivity contribution in [1.82, 2.24) is 45.0 Å². The molecule has 20 heteroatoms. The topological polar surface area (TPSA) is 240 Å². The Labute approximate surface area is 578 Å². The van der Waals surface area contributed by atoms with Crippen molar-refractivity contribution in [3.8, 4) is 16.8 Å². The van der Waals surface area contributed by atoms with Gasteiger partial charge in [-0.3, -0.25) is 38.4 Å². The number of esters is 1. The van der Waals surface area contributed by atoms with Crippen molar-refractivity contribution < 1.29 is 53.0 Å². The van der Waals surface area contributed by atoms with Crippen LogP contribution in [0.15, 0.2) is 127 Å². The van der Waals surface area contributed by atoms with Gasteiger partial charge in [-0.2, -0.15) is 0 Å². The number of fused-ring (bicyclic) bond motifs is 4. The maximum absolute atomic E-state index is 16.0. The SMILES string of the molecule is CC[C@H](C)[C@@H]1NC(=O)[C@@H]2CCCN2C(=O)[C@H](Cc2cccc(-c3ccc(-n4c5ccccc5c5ccccc54)cc3)c2)N(C)C(=O)[C@H](Cc2ccccc2)NC(=O)C(C(C)C)N(C)C(=O)[C@@H]([C@@H](C)CC)OC(=O)[C@H](C(C)(C)O)N(C)C(=O)[C@H](CC(C)C)NC(=O)[C@H](C(C)C)N(C)C1=O. The van der Waals surface area contributed by atoms with Crippen molar-refractivity contribution in [3.05, 3.63) is 139 Å². The molecule has 0 spiro atoms. The summed E-state index contributed by atoms with van der Waals surface area (Å²) in [5, 5.41) is 23.0. The molecule has 11 atom stereocenters. The number of rotatable bonds is 15. The minimum Gasteiger partial charge on any atom is -0.450 e. The first-order valence-corrected chi connectivity index (χ1v) is 34.8. The minimum absolute atomic E-state index is 0.0298. The Bertz CT molecular complexity index is 3790. The number of aromatic nitrogens is 1. The van der Waals surface area contributed by atoms with Crippen LogP contribution in [0.25, 0.3) is 38.6 Å². The number of hydrogen-bond acceptors (Lipinski definition) is 11. The van der Waals surface area contributed by atoms with Gasteiger partial charge in [0.1, 0.15) is 42.3 Å². The number of hydrogen-bond donors (Lipinski definition) is 4. The molecule has 0 bridgehead atoms. The molecule has 8 amide bonds. The first-order valence-electron chi connectivity index (χ1n) is 34.8. The largest absolute Gasteiger partial charge is 0.450 e. The van der Waals surface area contributed by atoms with Gasteiger partial charge in [0.15, 0.2) is 12.1 Å². The molecule has 0 aliphatic carbocycles. The van der Waals surface area contributed by atoms with Crippen LogP contribution in [0.1, 0.15) is 126 Å². The smallest absolute Gasteiger partial charge is 0.332 e. The number of cyclic esters (lactones) is 1. The number of benzene rings is 5. The molecule has 1 unspecified atom stereocenters. The lowest BCUT2D eigenvalue weighted by atomic mass is 9.93. The van der Waals surface area contributed by atoms with Crippen LogP contribution in [-0.2, 0) is 60.7 Å². The number of nitrogens with one attached hydrogen (secondary N) is 3. The highest BCUT2D eigenvalue weighted by atomic mass is 16.6. The van der Waals surface area contributed by atoms with E-state index in [1.54, 1.807) is 41.5 Å². The minimum atomic E-state index is -1.99. The molecule has 20 nitrogen and oxygen atoms in total. The molecule has 98 heavy (non-hydrogen) atoms. The second-order valence-corrected chi connectivity index (χ2v) is 28.8. The van der Waals surface area contributed by atoms with E-state index in [1.165, 1.54) is 61.6 Å². The van der Waals surface area contributed by atoms with Gasteiger partial charge < -0.3 is 54.9 Å². The Morgan fingerprint density at radius 3 is 1.61 bits per heavy atom. The molecule has 2 saturated heterocycles. The van der Waals surface area contributed by atoms with Crippen molar-refractivity contribution in [3.63, 3.8) is 0 Å². The summed E-state index contributed by atoms with van der Waals surface area (Å²) in [7, 11) is 5.71. The van der Waals surface area contributed by atoms with Gasteiger partial charge in [-0.1, -0.05) is 179 Å². The van der Waals surface area contributed by atoms with Gasteiger partial charge in [0.05, 0.1) is 16.6 Å². The lowest BCUT2D eigenvalue weighted by Crippen LogP contribution is -2.63. The summed E-state index contributed by atoms with van der Waals surface area (Å²) in [4.78, 5) is 144. The number of ether oxygens (including phenoxy) is 1. The van der Waals surface area contributed by atoms with Gasteiger partial charge in [0, 0.05) is 70.0 Å². The summed E-state index contributed by atoms with van der Waals surface area (Å²) in [6.45, 7) is 20.7. The van der Waals surface area contributed by atoms with Crippen molar-refractivity contribution in [2.24, 2.45) is 29.6 Å². The Morgan fingerprint density at radius 1 is 0.531 bits per heavy atom. The summed E-state index contributed by atoms with van der Waals surface area (Å²) in [5.41, 5.74) is 4.23. The maximum Gasteiger partial charge on any atom is 0.332 e. The molecule has 3 heterocycles. The third kappa shape index (κ3) is 16.6. The Balaban J connectivity index is 1.24. The van der Waals surface area contributed by atoms with E-state index in [1.807, 2.05) is 107 Å². The van der Waals surface area contributed by atoms with Gasteiger partial charge >= 0.3 is 5.97 Å². The molecule has 6 aromatic rings. The Morgan fingerprint density at radius 2 is 1.06 bits per heavy atom. The average molecular weight is 1340 g/mol. The number of carbonyl (C=O) groups is 9. The Kier molecular flexibility index (Phi) is 24.6. The van der Waals surface area contributed by atoms with Gasteiger partial charge in [-0.15, -0.1) is 0 Å². The van der Waals surface area contributed by atoms with Crippen molar-refractivity contribution >= 4 is 75.0 Å². The lowest BCUT2D eigenvalue weighted by molar-refractivity contribution is -0.177. The van der Waals surface area contributed by atoms with Crippen molar-refractivity contribution in [2.45, 2.75) is 188 Å². The van der Waals surface area contributed by atoms with Gasteiger partial charge in [0.25, 0.3) is 5.91 Å². The van der Waals surface area contributed by atoms with Crippen molar-refractivity contribution in [2.75, 3.05) is 34.7 Å². The Hall–Kier alpha value is -8.91. The van der Waals surface area contributed by atoms with Gasteiger partial charge in [-0.25, -0.2) is 4.79 Å². The first kappa shape index (κ1) is 74.9. The number of carbonyl (C=O) groups excluding carboxylic acids is 9. The molecule has 2 aliphatic heterocycles. The second kappa shape index (κ2) is 32.2. The van der Waals surface area contributed by atoms with E-state index in [0.717, 1.165) is 43.5 Å². The second-order valence-electron chi connectivity index (χ2n) is 28.8. The summed E-state index contributed by atoms with van der Waals surface area (Å²) in [6.07, 6.45) is -0.149. The first-order chi connectivity index (χ1) is 46.4. The highest BCUT2D eigenvalue weighted by Crippen LogP contribution is 2.34. The van der Waals surface area contributed by atoms with E-state index in [4.69, 9.17) is 4.74 Å². The molecular weight excluding hydrogens is 1240 g/mol. The zero-order valence-electron chi connectivity index (χ0n) is 60.1. The summed E-state index contributed by atoms with van der Waals surface area (Å²) >= 11 is 0. The molecule has 0 saturated carbocycles. The van der Waals surface area contributed by atoms with Crippen LogP contribution in [0.3, 0.4) is 0 Å². The predicted molar refractivity (Wildman–Crippen MR) is 381 cm³/mol. The van der Waals surface area contributed by atoms with E-state index < -0.39 is 137 Å². The fraction of sp³-hybridized carbons (Fsp3) is 0.500. The average Bonchev–Trinajstić information content (AvgIpc) is 1.59. The number of likely N-dealkylation sites (N-methyl/N-ethyl adjacent to an activating group) is 4. The van der Waals surface area contributed by atoms with Crippen LogP contribution in [0.4, 0.5) is 0 Å². The van der Waals surface area contributed by atoms with Crippen LogP contribution >= 0.6 is 0 Å². The predicted octanol–water partition coefficient (Wildman–Crippen LogP) is 9.14. The monoisotopic (exact) mass is 1340 g/mol.